The van der Waals surface area contributed by atoms with Crippen molar-refractivity contribution < 1.29 is 19.2 Å². The Labute approximate surface area is 143 Å². The molecule has 1 aliphatic heterocycles. The number of carbonyl (C=O) groups is 4. The summed E-state index contributed by atoms with van der Waals surface area (Å²) >= 11 is 5.76. The minimum absolute atomic E-state index is 0.0447. The molecule has 1 atom stereocenters. The van der Waals surface area contributed by atoms with E-state index >= 15 is 0 Å². The molecule has 5 amide bonds. The fourth-order valence-corrected chi connectivity index (χ4v) is 2.28. The van der Waals surface area contributed by atoms with Gasteiger partial charge in [-0.25, -0.2) is 4.79 Å². The van der Waals surface area contributed by atoms with Crippen LogP contribution in [0.5, 0.6) is 0 Å². The largest absolute Gasteiger partial charge is 0.336 e. The van der Waals surface area contributed by atoms with Crippen molar-refractivity contribution in [2.75, 3.05) is 18.9 Å². The topological polar surface area (TPSA) is 108 Å². The number of benzene rings is 1. The molecule has 0 saturated carbocycles. The van der Waals surface area contributed by atoms with Crippen molar-refractivity contribution >= 4 is 41.0 Å². The lowest BCUT2D eigenvalue weighted by atomic mass is 10.1. The third-order valence-corrected chi connectivity index (χ3v) is 3.69. The molecule has 128 valence electrons. The Kier molecular flexibility index (Phi) is 5.75. The molecule has 1 saturated heterocycles. The zero-order valence-electron chi connectivity index (χ0n) is 13.0. The van der Waals surface area contributed by atoms with Crippen LogP contribution in [-0.2, 0) is 14.4 Å². The Balaban J connectivity index is 1.76. The average Bonchev–Trinajstić information content (AvgIpc) is 2.84. The highest BCUT2D eigenvalue weighted by molar-refractivity contribution is 6.30. The summed E-state index contributed by atoms with van der Waals surface area (Å²) in [5.41, 5.74) is 0.579. The van der Waals surface area contributed by atoms with Gasteiger partial charge in [0.15, 0.2) is 0 Å². The van der Waals surface area contributed by atoms with E-state index in [1.54, 1.807) is 24.3 Å². The van der Waals surface area contributed by atoms with Crippen LogP contribution >= 0.6 is 11.6 Å². The number of anilines is 1. The standard InChI is InChI=1S/C15H17ClN4O4/c1-20(8-12(21)17-10-4-2-9(16)3-5-10)13(22)7-6-11-14(23)19-15(24)18-11/h2-5,11H,6-8H2,1H3,(H,17,21)(H2,18,19,23,24). The second-order valence-electron chi connectivity index (χ2n) is 5.36. The number of nitrogens with one attached hydrogen (secondary N) is 3. The molecule has 1 aromatic carbocycles. The van der Waals surface area contributed by atoms with Crippen LogP contribution in [0.1, 0.15) is 12.8 Å². The molecule has 9 heteroatoms. The molecular formula is C15H17ClN4O4. The molecule has 0 spiro atoms. The quantitative estimate of drug-likeness (QED) is 0.656. The first-order valence-electron chi connectivity index (χ1n) is 7.26. The number of halogens is 1. The maximum atomic E-state index is 12.0. The SMILES string of the molecule is CN(CC(=O)Nc1ccc(Cl)cc1)C(=O)CCC1NC(=O)NC1=O. The van der Waals surface area contributed by atoms with Gasteiger partial charge in [0.25, 0.3) is 5.91 Å². The van der Waals surface area contributed by atoms with Crippen molar-refractivity contribution in [3.63, 3.8) is 0 Å². The predicted molar refractivity (Wildman–Crippen MR) is 87.4 cm³/mol. The lowest BCUT2D eigenvalue weighted by Gasteiger charge is -2.17. The Hall–Kier alpha value is -2.61. The normalized spacial score (nSPS) is 16.3. The van der Waals surface area contributed by atoms with E-state index in [1.807, 2.05) is 0 Å². The van der Waals surface area contributed by atoms with Crippen LogP contribution in [0.15, 0.2) is 24.3 Å². The first-order valence-corrected chi connectivity index (χ1v) is 7.63. The smallest absolute Gasteiger partial charge is 0.322 e. The van der Waals surface area contributed by atoms with E-state index in [0.29, 0.717) is 10.7 Å². The van der Waals surface area contributed by atoms with Crippen LogP contribution in [0, 0.1) is 0 Å². The van der Waals surface area contributed by atoms with Crippen molar-refractivity contribution in [2.24, 2.45) is 0 Å². The molecule has 1 fully saturated rings. The van der Waals surface area contributed by atoms with Crippen molar-refractivity contribution in [2.45, 2.75) is 18.9 Å². The number of hydrogen-bond acceptors (Lipinski definition) is 4. The number of likely N-dealkylation sites (N-methyl/N-ethyl adjacent to an activating group) is 1. The number of imide groups is 1. The second kappa shape index (κ2) is 7.78. The Morgan fingerprint density at radius 2 is 1.92 bits per heavy atom. The summed E-state index contributed by atoms with van der Waals surface area (Å²) in [4.78, 5) is 47.5. The summed E-state index contributed by atoms with van der Waals surface area (Å²) in [7, 11) is 1.50. The number of urea groups is 1. The zero-order valence-corrected chi connectivity index (χ0v) is 13.7. The van der Waals surface area contributed by atoms with Crippen molar-refractivity contribution in [3.8, 4) is 0 Å². The minimum atomic E-state index is -0.710. The van der Waals surface area contributed by atoms with E-state index in [0.717, 1.165) is 0 Å². The first kappa shape index (κ1) is 17.7. The van der Waals surface area contributed by atoms with Gasteiger partial charge in [-0.15, -0.1) is 0 Å². The van der Waals surface area contributed by atoms with Crippen LogP contribution in [0.4, 0.5) is 10.5 Å². The summed E-state index contributed by atoms with van der Waals surface area (Å²) < 4.78 is 0. The van der Waals surface area contributed by atoms with E-state index in [9.17, 15) is 19.2 Å². The Morgan fingerprint density at radius 1 is 1.25 bits per heavy atom. The van der Waals surface area contributed by atoms with Crippen molar-refractivity contribution in [1.29, 1.82) is 0 Å². The summed E-state index contributed by atoms with van der Waals surface area (Å²) in [6, 6.07) is 5.33. The maximum absolute atomic E-state index is 12.0. The molecule has 1 aromatic rings. The summed E-state index contributed by atoms with van der Waals surface area (Å²) in [5, 5.41) is 7.72. The van der Waals surface area contributed by atoms with Crippen LogP contribution in [-0.4, -0.2) is 48.3 Å². The lowest BCUT2D eigenvalue weighted by molar-refractivity contribution is -0.133. The van der Waals surface area contributed by atoms with Crippen molar-refractivity contribution in [1.82, 2.24) is 15.5 Å². The summed E-state index contributed by atoms with van der Waals surface area (Å²) in [5.74, 6) is -1.09. The molecule has 1 aliphatic rings. The van der Waals surface area contributed by atoms with Crippen LogP contribution in [0.3, 0.4) is 0 Å². The number of hydrogen-bond donors (Lipinski definition) is 3. The average molecular weight is 353 g/mol. The number of nitrogens with zero attached hydrogens (tertiary/aromatic N) is 1. The molecule has 1 heterocycles. The fourth-order valence-electron chi connectivity index (χ4n) is 2.16. The summed E-state index contributed by atoms with van der Waals surface area (Å²) in [6.07, 6.45) is 0.225. The number of amides is 5. The van der Waals surface area contributed by atoms with E-state index in [2.05, 4.69) is 16.0 Å². The zero-order chi connectivity index (χ0) is 17.7. The van der Waals surface area contributed by atoms with Gasteiger partial charge in [0.1, 0.15) is 6.04 Å². The molecule has 1 unspecified atom stereocenters. The third-order valence-electron chi connectivity index (χ3n) is 3.44. The highest BCUT2D eigenvalue weighted by Crippen LogP contribution is 2.13. The van der Waals surface area contributed by atoms with Crippen LogP contribution in [0.25, 0.3) is 0 Å². The first-order chi connectivity index (χ1) is 11.3. The van der Waals surface area contributed by atoms with Gasteiger partial charge in [-0.1, -0.05) is 11.6 Å². The van der Waals surface area contributed by atoms with Crippen LogP contribution in [0.2, 0.25) is 5.02 Å². The molecule has 2 rings (SSSR count). The molecule has 8 nitrogen and oxygen atoms in total. The van der Waals surface area contributed by atoms with E-state index < -0.39 is 18.0 Å². The van der Waals surface area contributed by atoms with Gasteiger partial charge in [0, 0.05) is 24.2 Å². The van der Waals surface area contributed by atoms with Gasteiger partial charge < -0.3 is 15.5 Å². The molecule has 0 aliphatic carbocycles. The molecule has 0 bridgehead atoms. The van der Waals surface area contributed by atoms with Gasteiger partial charge in [0.05, 0.1) is 6.54 Å². The number of rotatable bonds is 6. The van der Waals surface area contributed by atoms with Gasteiger partial charge >= 0.3 is 6.03 Å². The van der Waals surface area contributed by atoms with Gasteiger partial charge in [-0.2, -0.15) is 0 Å². The Morgan fingerprint density at radius 3 is 2.50 bits per heavy atom. The summed E-state index contributed by atoms with van der Waals surface area (Å²) in [6.45, 7) is -0.120. The molecular weight excluding hydrogens is 336 g/mol. The second-order valence-corrected chi connectivity index (χ2v) is 5.80. The fraction of sp³-hybridized carbons (Fsp3) is 0.333. The third kappa shape index (κ3) is 4.95. The highest BCUT2D eigenvalue weighted by Gasteiger charge is 2.29. The number of carbonyl (C=O) groups excluding carboxylic acids is 4. The molecule has 0 aromatic heterocycles. The lowest BCUT2D eigenvalue weighted by Crippen LogP contribution is -2.36. The van der Waals surface area contributed by atoms with E-state index in [-0.39, 0.29) is 31.2 Å². The van der Waals surface area contributed by atoms with Crippen molar-refractivity contribution in [3.05, 3.63) is 29.3 Å². The molecule has 24 heavy (non-hydrogen) atoms. The molecule has 3 N–H and O–H groups in total. The predicted octanol–water partition coefficient (Wildman–Crippen LogP) is 0.725. The van der Waals surface area contributed by atoms with Gasteiger partial charge in [0.2, 0.25) is 11.8 Å². The molecule has 0 radical (unpaired) electrons. The van der Waals surface area contributed by atoms with Crippen LogP contribution < -0.4 is 16.0 Å². The highest BCUT2D eigenvalue weighted by atomic mass is 35.5. The van der Waals surface area contributed by atoms with E-state index in [4.69, 9.17) is 11.6 Å². The van der Waals surface area contributed by atoms with Gasteiger partial charge in [-0.3, -0.25) is 19.7 Å². The van der Waals surface area contributed by atoms with E-state index in [1.165, 1.54) is 11.9 Å². The maximum Gasteiger partial charge on any atom is 0.322 e. The minimum Gasteiger partial charge on any atom is -0.336 e. The monoisotopic (exact) mass is 352 g/mol. The Bertz CT molecular complexity index is 662. The van der Waals surface area contributed by atoms with Gasteiger partial charge in [-0.05, 0) is 30.7 Å².